The van der Waals surface area contributed by atoms with Gasteiger partial charge in [-0.1, -0.05) is 36.8 Å². The zero-order chi connectivity index (χ0) is 19.0. The standard InChI is InChI=1S/C22H37N3O2.HI/c1-23-22(24-14-7-3-6-11-20-9-4-2-5-10-20)25-15-8-16-27-19-21-12-17-26-18-13-21;/h2,4-5,9-10,21H,3,6-8,11-19H2,1H3,(H2,23,24,25);1H. The Hall–Kier alpha value is -0.860. The molecule has 1 fully saturated rings. The molecule has 6 heteroatoms. The van der Waals surface area contributed by atoms with Crippen LogP contribution in [0.4, 0.5) is 0 Å². The fourth-order valence-corrected chi connectivity index (χ4v) is 3.25. The van der Waals surface area contributed by atoms with Gasteiger partial charge < -0.3 is 20.1 Å². The summed E-state index contributed by atoms with van der Waals surface area (Å²) in [5, 5.41) is 6.76. The molecule has 1 saturated heterocycles. The summed E-state index contributed by atoms with van der Waals surface area (Å²) in [5.74, 6) is 1.57. The Kier molecular flexibility index (Phi) is 15.3. The largest absolute Gasteiger partial charge is 0.381 e. The lowest BCUT2D eigenvalue weighted by atomic mass is 10.0. The molecule has 1 aliphatic heterocycles. The van der Waals surface area contributed by atoms with Gasteiger partial charge in [0.2, 0.25) is 0 Å². The van der Waals surface area contributed by atoms with Gasteiger partial charge in [-0.3, -0.25) is 4.99 Å². The van der Waals surface area contributed by atoms with Crippen LogP contribution >= 0.6 is 24.0 Å². The van der Waals surface area contributed by atoms with E-state index < -0.39 is 0 Å². The first-order valence-corrected chi connectivity index (χ1v) is 10.5. The number of nitrogens with zero attached hydrogens (tertiary/aromatic N) is 1. The number of guanidine groups is 1. The van der Waals surface area contributed by atoms with Crippen LogP contribution in [0.1, 0.15) is 44.1 Å². The highest BCUT2D eigenvalue weighted by molar-refractivity contribution is 14.0. The van der Waals surface area contributed by atoms with Crippen molar-refractivity contribution >= 4 is 29.9 Å². The van der Waals surface area contributed by atoms with E-state index in [1.54, 1.807) is 0 Å². The molecule has 5 nitrogen and oxygen atoms in total. The van der Waals surface area contributed by atoms with Crippen molar-refractivity contribution in [3.05, 3.63) is 35.9 Å². The SMILES string of the molecule is CN=C(NCCCCCc1ccccc1)NCCCOCC1CCOCC1.I. The number of hydrogen-bond acceptors (Lipinski definition) is 3. The minimum atomic E-state index is 0. The van der Waals surface area contributed by atoms with E-state index in [0.29, 0.717) is 5.92 Å². The first kappa shape index (κ1) is 25.2. The van der Waals surface area contributed by atoms with E-state index >= 15 is 0 Å². The third kappa shape index (κ3) is 11.9. The summed E-state index contributed by atoms with van der Waals surface area (Å²) in [6, 6.07) is 10.7. The van der Waals surface area contributed by atoms with Gasteiger partial charge in [0.05, 0.1) is 0 Å². The van der Waals surface area contributed by atoms with Crippen LogP contribution in [0.15, 0.2) is 35.3 Å². The number of benzene rings is 1. The molecule has 28 heavy (non-hydrogen) atoms. The van der Waals surface area contributed by atoms with Gasteiger partial charge in [-0.15, -0.1) is 24.0 Å². The van der Waals surface area contributed by atoms with Crippen molar-refractivity contribution in [2.24, 2.45) is 10.9 Å². The van der Waals surface area contributed by atoms with Crippen molar-refractivity contribution in [3.63, 3.8) is 0 Å². The van der Waals surface area contributed by atoms with E-state index in [4.69, 9.17) is 9.47 Å². The molecule has 0 aliphatic carbocycles. The molecule has 2 rings (SSSR count). The number of aliphatic imine (C=N–C) groups is 1. The summed E-state index contributed by atoms with van der Waals surface area (Å²) in [7, 11) is 1.83. The van der Waals surface area contributed by atoms with Crippen LogP contribution in [0.25, 0.3) is 0 Å². The molecule has 0 atom stereocenters. The summed E-state index contributed by atoms with van der Waals surface area (Å²) in [6.45, 7) is 5.32. The highest BCUT2D eigenvalue weighted by Crippen LogP contribution is 2.14. The predicted octanol–water partition coefficient (Wildman–Crippen LogP) is 4.02. The topological polar surface area (TPSA) is 54.9 Å². The lowest BCUT2D eigenvalue weighted by Crippen LogP contribution is -2.38. The monoisotopic (exact) mass is 503 g/mol. The first-order chi connectivity index (χ1) is 13.4. The molecule has 0 aromatic heterocycles. The Balaban J connectivity index is 0.00000392. The zero-order valence-electron chi connectivity index (χ0n) is 17.3. The predicted molar refractivity (Wildman–Crippen MR) is 128 cm³/mol. The van der Waals surface area contributed by atoms with Crippen LogP contribution in [0.3, 0.4) is 0 Å². The highest BCUT2D eigenvalue weighted by Gasteiger charge is 2.13. The molecule has 0 bridgehead atoms. The van der Waals surface area contributed by atoms with Crippen molar-refractivity contribution in [1.82, 2.24) is 10.6 Å². The average molecular weight is 503 g/mol. The summed E-state index contributed by atoms with van der Waals surface area (Å²) < 4.78 is 11.2. The summed E-state index contributed by atoms with van der Waals surface area (Å²) >= 11 is 0. The third-order valence-corrected chi connectivity index (χ3v) is 4.95. The fraction of sp³-hybridized carbons (Fsp3) is 0.682. The van der Waals surface area contributed by atoms with E-state index in [-0.39, 0.29) is 24.0 Å². The smallest absolute Gasteiger partial charge is 0.190 e. The Morgan fingerprint density at radius 1 is 1.04 bits per heavy atom. The van der Waals surface area contributed by atoms with Gasteiger partial charge in [-0.25, -0.2) is 0 Å². The van der Waals surface area contributed by atoms with Crippen molar-refractivity contribution in [1.29, 1.82) is 0 Å². The highest BCUT2D eigenvalue weighted by atomic mass is 127. The first-order valence-electron chi connectivity index (χ1n) is 10.5. The number of ether oxygens (including phenoxy) is 2. The van der Waals surface area contributed by atoms with Gasteiger partial charge in [0.1, 0.15) is 0 Å². The van der Waals surface area contributed by atoms with E-state index in [1.807, 2.05) is 7.05 Å². The van der Waals surface area contributed by atoms with Gasteiger partial charge in [0, 0.05) is 46.6 Å². The Morgan fingerprint density at radius 2 is 1.75 bits per heavy atom. The molecule has 0 spiro atoms. The van der Waals surface area contributed by atoms with E-state index in [0.717, 1.165) is 64.7 Å². The van der Waals surface area contributed by atoms with Gasteiger partial charge in [-0.2, -0.15) is 0 Å². The van der Waals surface area contributed by atoms with E-state index in [2.05, 4.69) is 46.0 Å². The molecule has 160 valence electrons. The molecule has 0 radical (unpaired) electrons. The lowest BCUT2D eigenvalue weighted by Gasteiger charge is -2.21. The average Bonchev–Trinajstić information content (AvgIpc) is 2.73. The quantitative estimate of drug-likeness (QED) is 0.196. The van der Waals surface area contributed by atoms with Crippen molar-refractivity contribution in [2.45, 2.75) is 44.9 Å². The Morgan fingerprint density at radius 3 is 2.46 bits per heavy atom. The number of halogens is 1. The third-order valence-electron chi connectivity index (χ3n) is 4.95. The zero-order valence-corrected chi connectivity index (χ0v) is 19.7. The fourth-order valence-electron chi connectivity index (χ4n) is 3.25. The number of rotatable bonds is 12. The van der Waals surface area contributed by atoms with Crippen molar-refractivity contribution in [3.8, 4) is 0 Å². The number of aryl methyl sites for hydroxylation is 1. The van der Waals surface area contributed by atoms with Crippen molar-refractivity contribution in [2.75, 3.05) is 46.6 Å². The second-order valence-corrected chi connectivity index (χ2v) is 7.21. The second-order valence-electron chi connectivity index (χ2n) is 7.21. The van der Waals surface area contributed by atoms with Crippen LogP contribution < -0.4 is 10.6 Å². The Labute approximate surface area is 188 Å². The Bertz CT molecular complexity index is 508. The lowest BCUT2D eigenvalue weighted by molar-refractivity contribution is 0.0203. The molecule has 0 saturated carbocycles. The maximum atomic E-state index is 5.79. The number of nitrogens with one attached hydrogen (secondary N) is 2. The normalized spacial score (nSPS) is 15.1. The van der Waals surface area contributed by atoms with Crippen molar-refractivity contribution < 1.29 is 9.47 Å². The van der Waals surface area contributed by atoms with Crippen LogP contribution in [-0.4, -0.2) is 52.5 Å². The van der Waals surface area contributed by atoms with Crippen LogP contribution in [0, 0.1) is 5.92 Å². The van der Waals surface area contributed by atoms with Gasteiger partial charge in [-0.05, 0) is 50.0 Å². The molecule has 0 amide bonds. The molecule has 0 unspecified atom stereocenters. The second kappa shape index (κ2) is 17.0. The summed E-state index contributed by atoms with van der Waals surface area (Å²) in [4.78, 5) is 4.28. The van der Waals surface area contributed by atoms with Gasteiger partial charge in [0.15, 0.2) is 5.96 Å². The molecule has 1 aromatic carbocycles. The van der Waals surface area contributed by atoms with E-state index in [1.165, 1.54) is 31.2 Å². The van der Waals surface area contributed by atoms with Gasteiger partial charge >= 0.3 is 0 Å². The minimum absolute atomic E-state index is 0. The summed E-state index contributed by atoms with van der Waals surface area (Å²) in [5.41, 5.74) is 1.43. The van der Waals surface area contributed by atoms with Gasteiger partial charge in [0.25, 0.3) is 0 Å². The van der Waals surface area contributed by atoms with Crippen LogP contribution in [0.5, 0.6) is 0 Å². The van der Waals surface area contributed by atoms with Crippen LogP contribution in [0.2, 0.25) is 0 Å². The minimum Gasteiger partial charge on any atom is -0.381 e. The van der Waals surface area contributed by atoms with Crippen LogP contribution in [-0.2, 0) is 15.9 Å². The molecule has 1 aromatic rings. The molecule has 1 aliphatic rings. The maximum Gasteiger partial charge on any atom is 0.190 e. The molecular formula is C22H38IN3O2. The number of hydrogen-bond donors (Lipinski definition) is 2. The maximum absolute atomic E-state index is 5.79. The van der Waals surface area contributed by atoms with E-state index in [9.17, 15) is 0 Å². The molecular weight excluding hydrogens is 465 g/mol. The summed E-state index contributed by atoms with van der Waals surface area (Å²) in [6.07, 6.45) is 8.09. The number of unbranched alkanes of at least 4 members (excludes halogenated alkanes) is 2. The molecule has 1 heterocycles. The molecule has 2 N–H and O–H groups in total.